The van der Waals surface area contributed by atoms with Crippen molar-refractivity contribution in [2.24, 2.45) is 0 Å². The first-order chi connectivity index (χ1) is 8.88. The average molecular weight is 284 g/mol. The zero-order valence-electron chi connectivity index (χ0n) is 12.4. The van der Waals surface area contributed by atoms with Crippen molar-refractivity contribution in [3.63, 3.8) is 0 Å². The van der Waals surface area contributed by atoms with Crippen LogP contribution in [0, 0.1) is 13.8 Å². The molecule has 1 N–H and O–H groups in total. The number of sulfonamides is 1. The summed E-state index contributed by atoms with van der Waals surface area (Å²) in [6.07, 6.45) is 0. The van der Waals surface area contributed by atoms with Crippen LogP contribution in [0.1, 0.15) is 30.5 Å². The average Bonchev–Trinajstić information content (AvgIpc) is 2.33. The molecule has 0 unspecified atom stereocenters. The molecule has 0 fully saturated rings. The molecule has 0 spiro atoms. The first-order valence-electron chi connectivity index (χ1n) is 6.63. The largest absolute Gasteiger partial charge is 0.316 e. The molecular formula is C14H24N2O2S. The van der Waals surface area contributed by atoms with Crippen LogP contribution in [0.2, 0.25) is 0 Å². The predicted molar refractivity (Wildman–Crippen MR) is 78.8 cm³/mol. The zero-order chi connectivity index (χ0) is 14.6. The number of nitrogens with zero attached hydrogens (tertiary/aromatic N) is 1. The highest BCUT2D eigenvalue weighted by molar-refractivity contribution is 7.89. The third-order valence-corrected chi connectivity index (χ3v) is 5.52. The Kier molecular flexibility index (Phi) is 5.52. The molecule has 0 aliphatic rings. The van der Waals surface area contributed by atoms with Crippen molar-refractivity contribution in [3.05, 3.63) is 28.8 Å². The Bertz CT molecular complexity index is 535. The Hall–Kier alpha value is -0.910. The van der Waals surface area contributed by atoms with Gasteiger partial charge in [0, 0.05) is 19.6 Å². The molecule has 4 nitrogen and oxygen atoms in total. The molecular weight excluding hydrogens is 260 g/mol. The van der Waals surface area contributed by atoms with E-state index in [1.165, 1.54) is 4.31 Å². The number of rotatable bonds is 6. The van der Waals surface area contributed by atoms with Gasteiger partial charge in [0.05, 0.1) is 4.90 Å². The Labute approximate surface area is 116 Å². The molecule has 1 aromatic rings. The van der Waals surface area contributed by atoms with Crippen LogP contribution in [0.3, 0.4) is 0 Å². The molecule has 0 aliphatic heterocycles. The van der Waals surface area contributed by atoms with Crippen molar-refractivity contribution in [2.75, 3.05) is 20.1 Å². The second kappa shape index (κ2) is 6.50. The van der Waals surface area contributed by atoms with E-state index in [0.29, 0.717) is 24.5 Å². The van der Waals surface area contributed by atoms with Gasteiger partial charge >= 0.3 is 0 Å². The molecule has 1 rings (SSSR count). The third-order valence-electron chi connectivity index (χ3n) is 3.32. The standard InChI is InChI=1S/C14H24N2O2S/c1-6-16(7-2)19(17,18)14-9-13(10-15-5)11(3)8-12(14)4/h8-9,15H,6-7,10H2,1-5H3. The van der Waals surface area contributed by atoms with Crippen LogP contribution < -0.4 is 5.32 Å². The SMILES string of the molecule is CCN(CC)S(=O)(=O)c1cc(CNC)c(C)cc1C. The lowest BCUT2D eigenvalue weighted by molar-refractivity contribution is 0.444. The summed E-state index contributed by atoms with van der Waals surface area (Å²) in [6, 6.07) is 3.75. The molecule has 1 aromatic carbocycles. The quantitative estimate of drug-likeness (QED) is 0.870. The van der Waals surface area contributed by atoms with Crippen molar-refractivity contribution >= 4 is 10.0 Å². The van der Waals surface area contributed by atoms with Gasteiger partial charge in [-0.1, -0.05) is 19.9 Å². The maximum absolute atomic E-state index is 12.6. The molecule has 0 aromatic heterocycles. The predicted octanol–water partition coefficient (Wildman–Crippen LogP) is 2.05. The molecule has 0 heterocycles. The topological polar surface area (TPSA) is 49.4 Å². The Balaban J connectivity index is 3.37. The Morgan fingerprint density at radius 1 is 1.11 bits per heavy atom. The number of hydrogen-bond donors (Lipinski definition) is 1. The van der Waals surface area contributed by atoms with Crippen molar-refractivity contribution in [1.82, 2.24) is 9.62 Å². The van der Waals surface area contributed by atoms with Crippen LogP contribution in [0.5, 0.6) is 0 Å². The molecule has 0 amide bonds. The highest BCUT2D eigenvalue weighted by Crippen LogP contribution is 2.23. The second-order valence-electron chi connectivity index (χ2n) is 4.66. The van der Waals surface area contributed by atoms with Gasteiger partial charge in [0.25, 0.3) is 0 Å². The number of hydrogen-bond acceptors (Lipinski definition) is 3. The van der Waals surface area contributed by atoms with Gasteiger partial charge in [-0.25, -0.2) is 8.42 Å². The van der Waals surface area contributed by atoms with E-state index in [9.17, 15) is 8.42 Å². The van der Waals surface area contributed by atoms with Crippen LogP contribution in [-0.2, 0) is 16.6 Å². The number of benzene rings is 1. The molecule has 5 heteroatoms. The van der Waals surface area contributed by atoms with E-state index in [0.717, 1.165) is 16.7 Å². The minimum absolute atomic E-state index is 0.423. The molecule has 0 saturated heterocycles. The second-order valence-corrected chi connectivity index (χ2v) is 6.57. The molecule has 0 bridgehead atoms. The Morgan fingerprint density at radius 3 is 2.16 bits per heavy atom. The fraction of sp³-hybridized carbons (Fsp3) is 0.571. The van der Waals surface area contributed by atoms with Gasteiger partial charge in [0.1, 0.15) is 0 Å². The molecule has 0 saturated carbocycles. The summed E-state index contributed by atoms with van der Waals surface area (Å²) in [5.74, 6) is 0. The van der Waals surface area contributed by atoms with Crippen LogP contribution in [0.15, 0.2) is 17.0 Å². The summed E-state index contributed by atoms with van der Waals surface area (Å²) in [5.41, 5.74) is 2.95. The van der Waals surface area contributed by atoms with E-state index < -0.39 is 10.0 Å². The lowest BCUT2D eigenvalue weighted by Gasteiger charge is -2.21. The molecule has 108 valence electrons. The summed E-state index contributed by atoms with van der Waals surface area (Å²) in [5, 5.41) is 3.07. The normalized spacial score (nSPS) is 12.1. The van der Waals surface area contributed by atoms with Gasteiger partial charge < -0.3 is 5.32 Å². The number of aryl methyl sites for hydroxylation is 2. The maximum atomic E-state index is 12.6. The minimum atomic E-state index is -3.38. The zero-order valence-corrected chi connectivity index (χ0v) is 13.3. The monoisotopic (exact) mass is 284 g/mol. The van der Waals surface area contributed by atoms with Crippen LogP contribution in [0.25, 0.3) is 0 Å². The third kappa shape index (κ3) is 3.35. The summed E-state index contributed by atoms with van der Waals surface area (Å²) in [6.45, 7) is 9.24. The fourth-order valence-electron chi connectivity index (χ4n) is 2.24. The Morgan fingerprint density at radius 2 is 1.68 bits per heavy atom. The van der Waals surface area contributed by atoms with Gasteiger partial charge in [-0.15, -0.1) is 0 Å². The van der Waals surface area contributed by atoms with Crippen molar-refractivity contribution in [3.8, 4) is 0 Å². The van der Waals surface area contributed by atoms with E-state index >= 15 is 0 Å². The first-order valence-corrected chi connectivity index (χ1v) is 8.07. The molecule has 0 radical (unpaired) electrons. The molecule has 19 heavy (non-hydrogen) atoms. The summed E-state index contributed by atoms with van der Waals surface area (Å²) in [7, 11) is -1.52. The van der Waals surface area contributed by atoms with Crippen LogP contribution >= 0.6 is 0 Å². The van der Waals surface area contributed by atoms with E-state index in [1.54, 1.807) is 6.07 Å². The lowest BCUT2D eigenvalue weighted by atomic mass is 10.1. The van der Waals surface area contributed by atoms with Crippen molar-refractivity contribution in [2.45, 2.75) is 39.1 Å². The van der Waals surface area contributed by atoms with Gasteiger partial charge in [0.2, 0.25) is 10.0 Å². The lowest BCUT2D eigenvalue weighted by Crippen LogP contribution is -2.31. The van der Waals surface area contributed by atoms with Crippen LogP contribution in [0.4, 0.5) is 0 Å². The van der Waals surface area contributed by atoms with E-state index in [-0.39, 0.29) is 0 Å². The highest BCUT2D eigenvalue weighted by Gasteiger charge is 2.24. The van der Waals surface area contributed by atoms with Gasteiger partial charge in [-0.3, -0.25) is 0 Å². The van der Waals surface area contributed by atoms with Gasteiger partial charge in [0.15, 0.2) is 0 Å². The smallest absolute Gasteiger partial charge is 0.243 e. The molecule has 0 aliphatic carbocycles. The summed E-state index contributed by atoms with van der Waals surface area (Å²) >= 11 is 0. The highest BCUT2D eigenvalue weighted by atomic mass is 32.2. The van der Waals surface area contributed by atoms with Crippen molar-refractivity contribution in [1.29, 1.82) is 0 Å². The van der Waals surface area contributed by atoms with Gasteiger partial charge in [-0.05, 0) is 43.7 Å². The molecule has 0 atom stereocenters. The fourth-order valence-corrected chi connectivity index (χ4v) is 3.95. The van der Waals surface area contributed by atoms with Crippen molar-refractivity contribution < 1.29 is 8.42 Å². The van der Waals surface area contributed by atoms with Crippen LogP contribution in [-0.4, -0.2) is 32.9 Å². The van der Waals surface area contributed by atoms with E-state index in [1.807, 2.05) is 40.8 Å². The number of nitrogens with one attached hydrogen (secondary N) is 1. The summed E-state index contributed by atoms with van der Waals surface area (Å²) in [4.78, 5) is 0.423. The van der Waals surface area contributed by atoms with E-state index in [4.69, 9.17) is 0 Å². The van der Waals surface area contributed by atoms with E-state index in [2.05, 4.69) is 5.32 Å². The first kappa shape index (κ1) is 16.1. The maximum Gasteiger partial charge on any atom is 0.243 e. The van der Waals surface area contributed by atoms with Gasteiger partial charge in [-0.2, -0.15) is 4.31 Å². The minimum Gasteiger partial charge on any atom is -0.316 e. The summed E-state index contributed by atoms with van der Waals surface area (Å²) < 4.78 is 26.7.